The normalized spacial score (nSPS) is 10.5. The van der Waals surface area contributed by atoms with Crippen molar-refractivity contribution in [3.8, 4) is 22.5 Å². The number of nitrogens with zero attached hydrogens (tertiary/aromatic N) is 3. The van der Waals surface area contributed by atoms with Crippen LogP contribution in [0.4, 0.5) is 0 Å². The standard InChI is InChI=1S/C17H15N3/c1-12-5-3-4-6-15(12)16-8-7-14(9-13(16)2)17-19-10-18-11-20-17/h3-11H,1-2H3. The topological polar surface area (TPSA) is 38.7 Å². The highest BCUT2D eigenvalue weighted by molar-refractivity contribution is 5.73. The second-order valence-electron chi connectivity index (χ2n) is 4.81. The SMILES string of the molecule is Cc1ccccc1-c1ccc(-c2ncncn2)cc1C. The van der Waals surface area contributed by atoms with E-state index in [-0.39, 0.29) is 0 Å². The minimum absolute atomic E-state index is 0.708. The molecule has 0 fully saturated rings. The fourth-order valence-electron chi connectivity index (χ4n) is 2.37. The monoisotopic (exact) mass is 261 g/mol. The maximum Gasteiger partial charge on any atom is 0.162 e. The van der Waals surface area contributed by atoms with Crippen LogP contribution in [0, 0.1) is 13.8 Å². The number of hydrogen-bond donors (Lipinski definition) is 0. The summed E-state index contributed by atoms with van der Waals surface area (Å²) in [5, 5.41) is 0. The number of benzene rings is 2. The summed E-state index contributed by atoms with van der Waals surface area (Å²) in [5.41, 5.74) is 6.04. The Balaban J connectivity index is 2.07. The van der Waals surface area contributed by atoms with E-state index < -0.39 is 0 Å². The Kier molecular flexibility index (Phi) is 3.25. The van der Waals surface area contributed by atoms with Crippen LogP contribution >= 0.6 is 0 Å². The molecule has 0 aliphatic rings. The molecular weight excluding hydrogens is 246 g/mol. The van der Waals surface area contributed by atoms with Crippen LogP contribution in [0.25, 0.3) is 22.5 Å². The molecule has 0 radical (unpaired) electrons. The van der Waals surface area contributed by atoms with E-state index in [1.165, 1.54) is 34.9 Å². The van der Waals surface area contributed by atoms with E-state index in [4.69, 9.17) is 0 Å². The highest BCUT2D eigenvalue weighted by atomic mass is 15.0. The molecule has 0 bridgehead atoms. The molecule has 0 spiro atoms. The first-order valence-corrected chi connectivity index (χ1v) is 6.55. The maximum absolute atomic E-state index is 4.19. The van der Waals surface area contributed by atoms with Crippen molar-refractivity contribution in [2.75, 3.05) is 0 Å². The molecule has 20 heavy (non-hydrogen) atoms. The smallest absolute Gasteiger partial charge is 0.162 e. The fraction of sp³-hybridized carbons (Fsp3) is 0.118. The Morgan fingerprint density at radius 3 is 2.15 bits per heavy atom. The molecule has 1 heterocycles. The molecule has 98 valence electrons. The van der Waals surface area contributed by atoms with Gasteiger partial charge in [0.25, 0.3) is 0 Å². The predicted molar refractivity (Wildman–Crippen MR) is 80.2 cm³/mol. The molecule has 0 aliphatic carbocycles. The van der Waals surface area contributed by atoms with E-state index in [0.29, 0.717) is 5.82 Å². The van der Waals surface area contributed by atoms with Gasteiger partial charge >= 0.3 is 0 Å². The fourth-order valence-corrected chi connectivity index (χ4v) is 2.37. The molecular formula is C17H15N3. The first-order valence-electron chi connectivity index (χ1n) is 6.55. The van der Waals surface area contributed by atoms with Gasteiger partial charge in [0.15, 0.2) is 5.82 Å². The van der Waals surface area contributed by atoms with Gasteiger partial charge in [-0.2, -0.15) is 0 Å². The highest BCUT2D eigenvalue weighted by Gasteiger charge is 2.07. The van der Waals surface area contributed by atoms with Crippen molar-refractivity contribution in [1.82, 2.24) is 15.0 Å². The number of rotatable bonds is 2. The van der Waals surface area contributed by atoms with Crippen molar-refractivity contribution in [3.63, 3.8) is 0 Å². The predicted octanol–water partition coefficient (Wildman–Crippen LogP) is 3.82. The van der Waals surface area contributed by atoms with Gasteiger partial charge in [-0.3, -0.25) is 0 Å². The Morgan fingerprint density at radius 1 is 0.750 bits per heavy atom. The molecule has 0 atom stereocenters. The number of hydrogen-bond acceptors (Lipinski definition) is 3. The van der Waals surface area contributed by atoms with E-state index >= 15 is 0 Å². The van der Waals surface area contributed by atoms with Gasteiger partial charge in [-0.1, -0.05) is 36.4 Å². The van der Waals surface area contributed by atoms with Crippen molar-refractivity contribution in [2.24, 2.45) is 0 Å². The lowest BCUT2D eigenvalue weighted by molar-refractivity contribution is 1.06. The summed E-state index contributed by atoms with van der Waals surface area (Å²) in [6.45, 7) is 4.25. The minimum atomic E-state index is 0.708. The molecule has 2 aromatic carbocycles. The summed E-state index contributed by atoms with van der Waals surface area (Å²) >= 11 is 0. The average Bonchev–Trinajstić information content (AvgIpc) is 2.49. The van der Waals surface area contributed by atoms with Crippen molar-refractivity contribution in [3.05, 3.63) is 66.2 Å². The van der Waals surface area contributed by atoms with Crippen LogP contribution in [0.1, 0.15) is 11.1 Å². The summed E-state index contributed by atoms with van der Waals surface area (Å²) < 4.78 is 0. The Hall–Kier alpha value is -2.55. The summed E-state index contributed by atoms with van der Waals surface area (Å²) in [5.74, 6) is 0.708. The molecule has 3 rings (SSSR count). The van der Waals surface area contributed by atoms with Gasteiger partial charge in [0.2, 0.25) is 0 Å². The van der Waals surface area contributed by atoms with E-state index in [0.717, 1.165) is 5.56 Å². The number of aromatic nitrogens is 3. The minimum Gasteiger partial charge on any atom is -0.225 e. The average molecular weight is 261 g/mol. The molecule has 0 amide bonds. The van der Waals surface area contributed by atoms with Crippen LogP contribution in [0.15, 0.2) is 55.1 Å². The zero-order valence-corrected chi connectivity index (χ0v) is 11.5. The van der Waals surface area contributed by atoms with Gasteiger partial charge in [-0.05, 0) is 42.2 Å². The van der Waals surface area contributed by atoms with Crippen LogP contribution in [-0.2, 0) is 0 Å². The van der Waals surface area contributed by atoms with E-state index in [2.05, 4.69) is 71.3 Å². The first-order chi connectivity index (χ1) is 9.75. The van der Waals surface area contributed by atoms with Gasteiger partial charge in [0, 0.05) is 5.56 Å². The van der Waals surface area contributed by atoms with Crippen molar-refractivity contribution in [2.45, 2.75) is 13.8 Å². The first kappa shape index (κ1) is 12.5. The molecule has 3 nitrogen and oxygen atoms in total. The Labute approximate surface area is 118 Å². The van der Waals surface area contributed by atoms with E-state index in [1.54, 1.807) is 0 Å². The van der Waals surface area contributed by atoms with Crippen LogP contribution in [-0.4, -0.2) is 15.0 Å². The molecule has 1 aromatic heterocycles. The third kappa shape index (κ3) is 2.30. The summed E-state index contributed by atoms with van der Waals surface area (Å²) in [6.07, 6.45) is 3.04. The Bertz CT molecular complexity index is 736. The lowest BCUT2D eigenvalue weighted by atomic mass is 9.95. The van der Waals surface area contributed by atoms with Crippen molar-refractivity contribution in [1.29, 1.82) is 0 Å². The zero-order chi connectivity index (χ0) is 13.9. The lowest BCUT2D eigenvalue weighted by Crippen LogP contribution is -1.92. The second kappa shape index (κ2) is 5.21. The third-order valence-electron chi connectivity index (χ3n) is 3.41. The van der Waals surface area contributed by atoms with Gasteiger partial charge in [0.05, 0.1) is 0 Å². The van der Waals surface area contributed by atoms with Gasteiger partial charge < -0.3 is 0 Å². The van der Waals surface area contributed by atoms with E-state index in [9.17, 15) is 0 Å². The van der Waals surface area contributed by atoms with Crippen molar-refractivity contribution >= 4 is 0 Å². The summed E-state index contributed by atoms with van der Waals surface area (Å²) in [6, 6.07) is 14.7. The molecule has 3 heteroatoms. The molecule has 0 saturated heterocycles. The number of aryl methyl sites for hydroxylation is 2. The largest absolute Gasteiger partial charge is 0.225 e. The molecule has 0 unspecified atom stereocenters. The van der Waals surface area contributed by atoms with Gasteiger partial charge in [0.1, 0.15) is 12.7 Å². The molecule has 0 N–H and O–H groups in total. The molecule has 0 saturated carbocycles. The second-order valence-corrected chi connectivity index (χ2v) is 4.81. The maximum atomic E-state index is 4.19. The third-order valence-corrected chi connectivity index (χ3v) is 3.41. The van der Waals surface area contributed by atoms with Crippen molar-refractivity contribution < 1.29 is 0 Å². The van der Waals surface area contributed by atoms with Crippen LogP contribution in [0.5, 0.6) is 0 Å². The Morgan fingerprint density at radius 2 is 1.45 bits per heavy atom. The summed E-state index contributed by atoms with van der Waals surface area (Å²) in [4.78, 5) is 12.2. The highest BCUT2D eigenvalue weighted by Crippen LogP contribution is 2.29. The lowest BCUT2D eigenvalue weighted by Gasteiger charge is -2.10. The molecule has 0 aliphatic heterocycles. The van der Waals surface area contributed by atoms with Gasteiger partial charge in [-0.15, -0.1) is 0 Å². The van der Waals surface area contributed by atoms with Crippen LogP contribution in [0.3, 0.4) is 0 Å². The van der Waals surface area contributed by atoms with Crippen LogP contribution < -0.4 is 0 Å². The zero-order valence-electron chi connectivity index (χ0n) is 11.5. The van der Waals surface area contributed by atoms with E-state index in [1.807, 2.05) is 0 Å². The summed E-state index contributed by atoms with van der Waals surface area (Å²) in [7, 11) is 0. The van der Waals surface area contributed by atoms with Crippen LogP contribution in [0.2, 0.25) is 0 Å². The quantitative estimate of drug-likeness (QED) is 0.704. The molecule has 3 aromatic rings. The van der Waals surface area contributed by atoms with Gasteiger partial charge in [-0.25, -0.2) is 15.0 Å².